The lowest BCUT2D eigenvalue weighted by Gasteiger charge is -2.24. The lowest BCUT2D eigenvalue weighted by molar-refractivity contribution is -0.167. The Morgan fingerprint density at radius 3 is 2.07 bits per heavy atom. The van der Waals surface area contributed by atoms with Gasteiger partial charge >= 0.3 is 12.4 Å². The average Bonchev–Trinajstić information content (AvgIpc) is 2.90. The van der Waals surface area contributed by atoms with E-state index in [0.29, 0.717) is 12.1 Å². The number of hydrogen-bond donors (Lipinski definition) is 1. The van der Waals surface area contributed by atoms with Crippen LogP contribution in [0.5, 0.6) is 0 Å². The molecule has 1 heterocycles. The summed E-state index contributed by atoms with van der Waals surface area (Å²) in [5.41, 5.74) is -6.03. The zero-order valence-electron chi connectivity index (χ0n) is 14.5. The molecule has 13 heteroatoms. The average molecular weight is 459 g/mol. The van der Waals surface area contributed by atoms with E-state index in [1.165, 1.54) is 19.9 Å². The number of ketones is 1. The van der Waals surface area contributed by atoms with Crippen molar-refractivity contribution in [3.8, 4) is 6.07 Å². The molecule has 1 aliphatic rings. The molecule has 156 valence electrons. The van der Waals surface area contributed by atoms with E-state index in [1.807, 2.05) is 0 Å². The fourth-order valence-electron chi connectivity index (χ4n) is 2.58. The van der Waals surface area contributed by atoms with E-state index in [4.69, 9.17) is 23.2 Å². The zero-order valence-corrected chi connectivity index (χ0v) is 16.0. The van der Waals surface area contributed by atoms with Gasteiger partial charge in [-0.15, -0.1) is 5.11 Å². The topological polar surface area (TPSA) is 77.6 Å². The quantitative estimate of drug-likeness (QED) is 0.601. The Labute approximate surface area is 170 Å². The molecule has 0 fully saturated rings. The first kappa shape index (κ1) is 23.0. The van der Waals surface area contributed by atoms with Crippen LogP contribution in [0.25, 0.3) is 0 Å². The smallest absolute Gasteiger partial charge is 0.366 e. The van der Waals surface area contributed by atoms with Gasteiger partial charge < -0.3 is 5.32 Å². The molecule has 1 atom stereocenters. The van der Waals surface area contributed by atoms with Gasteiger partial charge in [0, 0.05) is 21.7 Å². The first-order valence-corrected chi connectivity index (χ1v) is 8.44. The van der Waals surface area contributed by atoms with Crippen LogP contribution in [0.15, 0.2) is 33.8 Å². The highest BCUT2D eigenvalue weighted by molar-refractivity contribution is 6.36. The van der Waals surface area contributed by atoms with E-state index in [9.17, 15) is 36.4 Å². The van der Waals surface area contributed by atoms with Crippen molar-refractivity contribution in [3.05, 3.63) is 44.7 Å². The molecule has 0 amide bonds. The maximum atomic E-state index is 13.2. The molecule has 1 aliphatic heterocycles. The molecule has 0 saturated heterocycles. The Bertz CT molecular complexity index is 939. The Kier molecular flexibility index (Phi) is 5.94. The second kappa shape index (κ2) is 7.50. The monoisotopic (exact) mass is 458 g/mol. The number of Topliss-reactive ketones (excluding diaryl/α,β-unsaturated/α-hetero) is 1. The number of nitriles is 1. The summed E-state index contributed by atoms with van der Waals surface area (Å²) in [7, 11) is 0. The molecular weight excluding hydrogens is 449 g/mol. The van der Waals surface area contributed by atoms with Crippen LogP contribution in [0.1, 0.15) is 25.0 Å². The Balaban J connectivity index is 2.84. The number of nitrogens with one attached hydrogen (secondary N) is 1. The highest BCUT2D eigenvalue weighted by atomic mass is 35.5. The van der Waals surface area contributed by atoms with Gasteiger partial charge in [0.2, 0.25) is 5.54 Å². The molecule has 0 saturated carbocycles. The van der Waals surface area contributed by atoms with Gasteiger partial charge in [-0.25, -0.2) is 0 Å². The molecule has 1 N–H and O–H groups in total. The lowest BCUT2D eigenvalue weighted by Crippen LogP contribution is -2.37. The van der Waals surface area contributed by atoms with Crippen LogP contribution >= 0.6 is 23.2 Å². The van der Waals surface area contributed by atoms with E-state index >= 15 is 0 Å². The van der Waals surface area contributed by atoms with Crippen LogP contribution in [-0.4, -0.2) is 18.0 Å². The van der Waals surface area contributed by atoms with E-state index in [1.54, 1.807) is 0 Å². The number of nitrogens with zero attached hydrogens (tertiary/aromatic N) is 3. The molecule has 29 heavy (non-hydrogen) atoms. The van der Waals surface area contributed by atoms with Crippen LogP contribution in [-0.2, 0) is 16.5 Å². The molecule has 0 bridgehead atoms. The van der Waals surface area contributed by atoms with Crippen LogP contribution < -0.4 is 5.32 Å². The van der Waals surface area contributed by atoms with Gasteiger partial charge in [0.15, 0.2) is 5.82 Å². The number of carbonyl (C=O) groups excluding carboxylic acids is 1. The van der Waals surface area contributed by atoms with Gasteiger partial charge in [-0.2, -0.15) is 36.7 Å². The summed E-state index contributed by atoms with van der Waals surface area (Å²) >= 11 is 11.7. The molecule has 0 spiro atoms. The van der Waals surface area contributed by atoms with Crippen LogP contribution in [0.3, 0.4) is 0 Å². The summed E-state index contributed by atoms with van der Waals surface area (Å²) in [6.07, 6.45) is -10.3. The molecule has 0 radical (unpaired) electrons. The Morgan fingerprint density at radius 2 is 1.69 bits per heavy atom. The van der Waals surface area contributed by atoms with Gasteiger partial charge in [0.05, 0.1) is 11.1 Å². The third-order valence-electron chi connectivity index (χ3n) is 3.70. The largest absolute Gasteiger partial charge is 0.454 e. The number of azo groups is 1. The fraction of sp³-hybridized carbons (Fsp3) is 0.375. The standard InChI is InChI=1S/C16H10Cl2F6N4O/c1-6(2)26-13-11(12(29)16(22,23)24)14(5-25,28-27-13)10-8(17)3-7(4-9(10)18)15(19,20)21/h3-4,6,26H,1-2H3. The van der Waals surface area contributed by atoms with Crippen molar-refractivity contribution >= 4 is 29.0 Å². The molecule has 1 aromatic carbocycles. The third kappa shape index (κ3) is 4.18. The molecule has 1 aromatic rings. The minimum Gasteiger partial charge on any atom is -0.366 e. The molecule has 5 nitrogen and oxygen atoms in total. The van der Waals surface area contributed by atoms with Crippen molar-refractivity contribution in [3.63, 3.8) is 0 Å². The summed E-state index contributed by atoms with van der Waals surface area (Å²) in [4.78, 5) is 12.1. The first-order valence-electron chi connectivity index (χ1n) is 7.68. The van der Waals surface area contributed by atoms with Crippen LogP contribution in [0.2, 0.25) is 10.0 Å². The highest BCUT2D eigenvalue weighted by Crippen LogP contribution is 2.49. The summed E-state index contributed by atoms with van der Waals surface area (Å²) in [6, 6.07) is 1.64. The van der Waals surface area contributed by atoms with Crippen molar-refractivity contribution in [2.45, 2.75) is 37.8 Å². The zero-order chi connectivity index (χ0) is 22.4. The van der Waals surface area contributed by atoms with Crippen molar-refractivity contribution in [2.24, 2.45) is 10.2 Å². The lowest BCUT2D eigenvalue weighted by atomic mass is 9.82. The molecular formula is C16H10Cl2F6N4O. The van der Waals surface area contributed by atoms with Gasteiger partial charge in [-0.3, -0.25) is 4.79 Å². The van der Waals surface area contributed by atoms with Crippen molar-refractivity contribution in [2.75, 3.05) is 0 Å². The second-order valence-corrected chi connectivity index (χ2v) is 7.00. The van der Waals surface area contributed by atoms with Crippen molar-refractivity contribution in [1.82, 2.24) is 5.32 Å². The SMILES string of the molecule is CC(C)NC1=C(C(=O)C(F)(F)F)C(C#N)(c2c(Cl)cc(C(F)(F)F)cc2Cl)N=N1. The minimum atomic E-state index is -5.43. The fourth-order valence-corrected chi connectivity index (χ4v) is 3.34. The molecule has 0 aromatic heterocycles. The van der Waals surface area contributed by atoms with E-state index in [-0.39, 0.29) is 0 Å². The summed E-state index contributed by atoms with van der Waals surface area (Å²) in [6.45, 7) is 3.03. The number of rotatable bonds is 4. The van der Waals surface area contributed by atoms with E-state index in [0.717, 1.165) is 0 Å². The normalized spacial score (nSPS) is 19.7. The first-order chi connectivity index (χ1) is 13.1. The van der Waals surface area contributed by atoms with Crippen molar-refractivity contribution < 1.29 is 31.1 Å². The minimum absolute atomic E-state index is 0.376. The predicted molar refractivity (Wildman–Crippen MR) is 90.0 cm³/mol. The van der Waals surface area contributed by atoms with Crippen LogP contribution in [0, 0.1) is 11.3 Å². The number of carbonyl (C=O) groups is 1. The van der Waals surface area contributed by atoms with Gasteiger partial charge in [0.25, 0.3) is 5.78 Å². The van der Waals surface area contributed by atoms with Gasteiger partial charge in [0.1, 0.15) is 6.07 Å². The van der Waals surface area contributed by atoms with E-state index in [2.05, 4.69) is 15.5 Å². The highest BCUT2D eigenvalue weighted by Gasteiger charge is 2.56. The maximum absolute atomic E-state index is 13.2. The number of hydrogen-bond acceptors (Lipinski definition) is 5. The van der Waals surface area contributed by atoms with E-state index < -0.39 is 62.3 Å². The van der Waals surface area contributed by atoms with Crippen LogP contribution in [0.4, 0.5) is 26.3 Å². The maximum Gasteiger partial charge on any atom is 0.454 e. The second-order valence-electron chi connectivity index (χ2n) is 6.18. The Hall–Kier alpha value is -2.32. The third-order valence-corrected chi connectivity index (χ3v) is 4.30. The summed E-state index contributed by atoms with van der Waals surface area (Å²) in [5, 5.41) is 17.4. The molecule has 1 unspecified atom stereocenters. The number of halogens is 8. The Morgan fingerprint density at radius 1 is 1.17 bits per heavy atom. The molecule has 2 rings (SSSR count). The predicted octanol–water partition coefficient (Wildman–Crippen LogP) is 5.54. The number of benzene rings is 1. The van der Waals surface area contributed by atoms with Gasteiger partial charge in [-0.05, 0) is 26.0 Å². The summed E-state index contributed by atoms with van der Waals surface area (Å²) < 4.78 is 78.5. The van der Waals surface area contributed by atoms with Gasteiger partial charge in [-0.1, -0.05) is 23.2 Å². The summed E-state index contributed by atoms with van der Waals surface area (Å²) in [5.74, 6) is -3.12. The number of alkyl halides is 6. The molecule has 0 aliphatic carbocycles. The van der Waals surface area contributed by atoms with Crippen molar-refractivity contribution in [1.29, 1.82) is 5.26 Å².